The molecule has 1 N–H and O–H groups in total. The second-order valence-electron chi connectivity index (χ2n) is 4.49. The van der Waals surface area contributed by atoms with E-state index in [-0.39, 0.29) is 0 Å². The van der Waals surface area contributed by atoms with Crippen molar-refractivity contribution in [3.8, 4) is 0 Å². The standard InChI is InChI=1S/C13H18ClN/c1-10(12-3-2-4-12)15-9-11-5-7-13(14)8-6-11/h5-8,10,12,15H,2-4,9H2,1H3. The highest BCUT2D eigenvalue weighted by molar-refractivity contribution is 6.30. The summed E-state index contributed by atoms with van der Waals surface area (Å²) in [6.07, 6.45) is 4.21. The molecule has 1 saturated carbocycles. The number of hydrogen-bond acceptors (Lipinski definition) is 1. The third kappa shape index (κ3) is 2.96. The molecule has 2 heteroatoms. The lowest BCUT2D eigenvalue weighted by Gasteiger charge is -2.32. The molecule has 1 fully saturated rings. The Kier molecular flexibility index (Phi) is 3.66. The van der Waals surface area contributed by atoms with Crippen LogP contribution in [0.2, 0.25) is 5.02 Å². The number of hydrogen-bond donors (Lipinski definition) is 1. The molecule has 2 rings (SSSR count). The minimum absolute atomic E-state index is 0.648. The van der Waals surface area contributed by atoms with Crippen molar-refractivity contribution in [2.45, 2.75) is 38.8 Å². The van der Waals surface area contributed by atoms with E-state index in [0.29, 0.717) is 6.04 Å². The molecule has 1 nitrogen and oxygen atoms in total. The number of halogens is 1. The summed E-state index contributed by atoms with van der Waals surface area (Å²) < 4.78 is 0. The van der Waals surface area contributed by atoms with Crippen LogP contribution in [0.25, 0.3) is 0 Å². The SMILES string of the molecule is CC(NCc1ccc(Cl)cc1)C1CCC1. The molecule has 0 spiro atoms. The molecule has 1 aliphatic carbocycles. The van der Waals surface area contributed by atoms with Gasteiger partial charge in [0.15, 0.2) is 0 Å². The summed E-state index contributed by atoms with van der Waals surface area (Å²) in [6, 6.07) is 8.72. The zero-order chi connectivity index (χ0) is 10.7. The summed E-state index contributed by atoms with van der Waals surface area (Å²) in [5.41, 5.74) is 1.31. The molecule has 0 heterocycles. The average molecular weight is 224 g/mol. The summed E-state index contributed by atoms with van der Waals surface area (Å²) in [5, 5.41) is 4.39. The summed E-state index contributed by atoms with van der Waals surface area (Å²) in [6.45, 7) is 3.24. The first kappa shape index (κ1) is 11.0. The van der Waals surface area contributed by atoms with Crippen molar-refractivity contribution in [2.75, 3.05) is 0 Å². The van der Waals surface area contributed by atoms with E-state index in [1.165, 1.54) is 24.8 Å². The Balaban J connectivity index is 1.79. The summed E-state index contributed by atoms with van der Waals surface area (Å²) in [7, 11) is 0. The van der Waals surface area contributed by atoms with Gasteiger partial charge in [0.1, 0.15) is 0 Å². The van der Waals surface area contributed by atoms with Crippen LogP contribution in [-0.4, -0.2) is 6.04 Å². The molecular formula is C13H18ClN. The van der Waals surface area contributed by atoms with Crippen LogP contribution in [0.4, 0.5) is 0 Å². The molecule has 0 amide bonds. The molecule has 1 unspecified atom stereocenters. The minimum Gasteiger partial charge on any atom is -0.310 e. The highest BCUT2D eigenvalue weighted by Gasteiger charge is 2.23. The molecule has 0 aliphatic heterocycles. The quantitative estimate of drug-likeness (QED) is 0.822. The van der Waals surface area contributed by atoms with E-state index in [1.54, 1.807) is 0 Å². The minimum atomic E-state index is 0.648. The lowest BCUT2D eigenvalue weighted by Crippen LogP contribution is -2.36. The van der Waals surface area contributed by atoms with Crippen LogP contribution in [0.1, 0.15) is 31.7 Å². The van der Waals surface area contributed by atoms with Gasteiger partial charge in [-0.15, -0.1) is 0 Å². The van der Waals surface area contributed by atoms with Gasteiger partial charge in [0.25, 0.3) is 0 Å². The van der Waals surface area contributed by atoms with Crippen LogP contribution >= 0.6 is 11.6 Å². The first-order valence-electron chi connectivity index (χ1n) is 5.73. The van der Waals surface area contributed by atoms with Crippen LogP contribution in [0.15, 0.2) is 24.3 Å². The first-order chi connectivity index (χ1) is 7.25. The van der Waals surface area contributed by atoms with Gasteiger partial charge < -0.3 is 5.32 Å². The van der Waals surface area contributed by atoms with Crippen LogP contribution in [0.3, 0.4) is 0 Å². The van der Waals surface area contributed by atoms with E-state index in [2.05, 4.69) is 24.4 Å². The highest BCUT2D eigenvalue weighted by Crippen LogP contribution is 2.29. The first-order valence-corrected chi connectivity index (χ1v) is 6.11. The van der Waals surface area contributed by atoms with Crippen molar-refractivity contribution in [1.82, 2.24) is 5.32 Å². The predicted octanol–water partition coefficient (Wildman–Crippen LogP) is 3.62. The maximum atomic E-state index is 5.84. The molecule has 15 heavy (non-hydrogen) atoms. The van der Waals surface area contributed by atoms with Gasteiger partial charge in [0.2, 0.25) is 0 Å². The Morgan fingerprint density at radius 2 is 2.00 bits per heavy atom. The predicted molar refractivity (Wildman–Crippen MR) is 65.1 cm³/mol. The van der Waals surface area contributed by atoms with Gasteiger partial charge in [0, 0.05) is 17.6 Å². The van der Waals surface area contributed by atoms with Crippen LogP contribution in [0, 0.1) is 5.92 Å². The normalized spacial score (nSPS) is 18.5. The maximum absolute atomic E-state index is 5.84. The summed E-state index contributed by atoms with van der Waals surface area (Å²) in [5.74, 6) is 0.900. The molecular weight excluding hydrogens is 206 g/mol. The van der Waals surface area contributed by atoms with Gasteiger partial charge in [0.05, 0.1) is 0 Å². The van der Waals surface area contributed by atoms with Gasteiger partial charge in [-0.25, -0.2) is 0 Å². The third-order valence-electron chi connectivity index (χ3n) is 3.40. The lowest BCUT2D eigenvalue weighted by atomic mass is 9.80. The van der Waals surface area contributed by atoms with Crippen molar-refractivity contribution in [2.24, 2.45) is 5.92 Å². The van der Waals surface area contributed by atoms with Crippen LogP contribution in [-0.2, 0) is 6.54 Å². The maximum Gasteiger partial charge on any atom is 0.0406 e. The molecule has 0 saturated heterocycles. The summed E-state index contributed by atoms with van der Waals surface area (Å²) in [4.78, 5) is 0. The zero-order valence-corrected chi connectivity index (χ0v) is 9.93. The van der Waals surface area contributed by atoms with Crippen molar-refractivity contribution < 1.29 is 0 Å². The van der Waals surface area contributed by atoms with E-state index in [0.717, 1.165) is 17.5 Å². The fourth-order valence-corrected chi connectivity index (χ4v) is 2.11. The molecule has 0 radical (unpaired) electrons. The molecule has 1 atom stereocenters. The van der Waals surface area contributed by atoms with E-state index < -0.39 is 0 Å². The van der Waals surface area contributed by atoms with Crippen LogP contribution in [0.5, 0.6) is 0 Å². The zero-order valence-electron chi connectivity index (χ0n) is 9.17. The molecule has 82 valence electrons. The van der Waals surface area contributed by atoms with Crippen molar-refractivity contribution in [3.05, 3.63) is 34.9 Å². The van der Waals surface area contributed by atoms with Crippen molar-refractivity contribution in [1.29, 1.82) is 0 Å². The molecule has 0 bridgehead atoms. The lowest BCUT2D eigenvalue weighted by molar-refractivity contribution is 0.240. The third-order valence-corrected chi connectivity index (χ3v) is 3.65. The van der Waals surface area contributed by atoms with Gasteiger partial charge in [-0.05, 0) is 43.4 Å². The van der Waals surface area contributed by atoms with E-state index in [4.69, 9.17) is 11.6 Å². The van der Waals surface area contributed by atoms with Gasteiger partial charge in [-0.2, -0.15) is 0 Å². The number of nitrogens with one attached hydrogen (secondary N) is 1. The number of benzene rings is 1. The second-order valence-corrected chi connectivity index (χ2v) is 4.92. The Bertz CT molecular complexity index is 303. The average Bonchev–Trinajstić information content (AvgIpc) is 2.14. The second kappa shape index (κ2) is 5.00. The smallest absolute Gasteiger partial charge is 0.0406 e. The fourth-order valence-electron chi connectivity index (χ4n) is 1.99. The Labute approximate surface area is 96.8 Å². The molecule has 0 aromatic heterocycles. The van der Waals surface area contributed by atoms with Crippen molar-refractivity contribution in [3.63, 3.8) is 0 Å². The van der Waals surface area contributed by atoms with Crippen LogP contribution < -0.4 is 5.32 Å². The molecule has 1 aromatic carbocycles. The Morgan fingerprint density at radius 1 is 1.33 bits per heavy atom. The topological polar surface area (TPSA) is 12.0 Å². The molecule has 1 aromatic rings. The monoisotopic (exact) mass is 223 g/mol. The van der Waals surface area contributed by atoms with E-state index >= 15 is 0 Å². The van der Waals surface area contributed by atoms with Gasteiger partial charge >= 0.3 is 0 Å². The number of rotatable bonds is 4. The highest BCUT2D eigenvalue weighted by atomic mass is 35.5. The van der Waals surface area contributed by atoms with Crippen molar-refractivity contribution >= 4 is 11.6 Å². The van der Waals surface area contributed by atoms with E-state index in [1.807, 2.05) is 12.1 Å². The van der Waals surface area contributed by atoms with Gasteiger partial charge in [-0.1, -0.05) is 30.2 Å². The van der Waals surface area contributed by atoms with Gasteiger partial charge in [-0.3, -0.25) is 0 Å². The summed E-state index contributed by atoms with van der Waals surface area (Å²) >= 11 is 5.84. The molecule has 1 aliphatic rings. The van der Waals surface area contributed by atoms with E-state index in [9.17, 15) is 0 Å². The fraction of sp³-hybridized carbons (Fsp3) is 0.538. The Hall–Kier alpha value is -0.530. The largest absolute Gasteiger partial charge is 0.310 e. The Morgan fingerprint density at radius 3 is 2.53 bits per heavy atom.